The number of anilines is 2. The van der Waals surface area contributed by atoms with Crippen LogP contribution in [-0.4, -0.2) is 12.5 Å². The Bertz CT molecular complexity index is 1020. The first-order valence-electron chi connectivity index (χ1n) is 9.88. The van der Waals surface area contributed by atoms with Crippen molar-refractivity contribution >= 4 is 40.5 Å². The third-order valence-electron chi connectivity index (χ3n) is 4.41. The van der Waals surface area contributed by atoms with E-state index in [1.807, 2.05) is 61.5 Å². The summed E-state index contributed by atoms with van der Waals surface area (Å²) in [6, 6.07) is 18.6. The summed E-state index contributed by atoms with van der Waals surface area (Å²) < 4.78 is 11.7. The first-order chi connectivity index (χ1) is 14.9. The third kappa shape index (κ3) is 6.81. The van der Waals surface area contributed by atoms with Gasteiger partial charge in [0, 0.05) is 41.0 Å². The number of amides is 1. The molecule has 0 heterocycles. The summed E-state index contributed by atoms with van der Waals surface area (Å²) in [5.74, 6) is 1.12. The second kappa shape index (κ2) is 10.9. The highest BCUT2D eigenvalue weighted by molar-refractivity contribution is 6.31. The highest BCUT2D eigenvalue weighted by Gasteiger charge is 2.12. The van der Waals surface area contributed by atoms with Crippen LogP contribution in [0.1, 0.15) is 25.0 Å². The molecular formula is C24H24Cl2N2O3. The van der Waals surface area contributed by atoms with E-state index in [4.69, 9.17) is 32.7 Å². The molecule has 0 saturated carbocycles. The third-order valence-corrected chi connectivity index (χ3v) is 5.01. The van der Waals surface area contributed by atoms with Gasteiger partial charge in [0.2, 0.25) is 5.91 Å². The van der Waals surface area contributed by atoms with Crippen molar-refractivity contribution in [3.63, 3.8) is 0 Å². The minimum atomic E-state index is -0.102. The Morgan fingerprint density at radius 1 is 0.903 bits per heavy atom. The number of hydrogen-bond acceptors (Lipinski definition) is 4. The zero-order valence-electron chi connectivity index (χ0n) is 17.4. The van der Waals surface area contributed by atoms with Gasteiger partial charge < -0.3 is 20.1 Å². The molecule has 3 rings (SSSR count). The summed E-state index contributed by atoms with van der Waals surface area (Å²) in [7, 11) is 0. The number of hydrogen-bond donors (Lipinski definition) is 2. The number of ether oxygens (including phenoxy) is 2. The van der Waals surface area contributed by atoms with E-state index in [-0.39, 0.29) is 5.91 Å². The van der Waals surface area contributed by atoms with Crippen LogP contribution in [0.5, 0.6) is 11.5 Å². The number of carbonyl (C=O) groups excluding carboxylic acids is 1. The smallest absolute Gasteiger partial charge is 0.221 e. The number of carbonyl (C=O) groups is 1. The van der Waals surface area contributed by atoms with Crippen LogP contribution in [0.2, 0.25) is 10.0 Å². The fourth-order valence-corrected chi connectivity index (χ4v) is 3.25. The van der Waals surface area contributed by atoms with Gasteiger partial charge in [-0.1, -0.05) is 35.3 Å². The standard InChI is InChI=1S/C24H24Cl2N2O3/c1-3-30-23-12-18(14-27-20-8-10-21(11-9-20)28-16(2)29)22(26)13-24(23)31-15-17-4-6-19(25)7-5-17/h4-13,27H,3,14-15H2,1-2H3,(H,28,29). The van der Waals surface area contributed by atoms with Crippen LogP contribution in [0.3, 0.4) is 0 Å². The molecular weight excluding hydrogens is 435 g/mol. The Labute approximate surface area is 192 Å². The number of nitrogens with one attached hydrogen (secondary N) is 2. The van der Waals surface area contributed by atoms with Crippen LogP contribution >= 0.6 is 23.2 Å². The maximum atomic E-state index is 11.1. The van der Waals surface area contributed by atoms with E-state index in [1.54, 1.807) is 6.07 Å². The Hall–Kier alpha value is -2.89. The summed E-state index contributed by atoms with van der Waals surface area (Å²) in [5, 5.41) is 7.34. The SMILES string of the molecule is CCOc1cc(CNc2ccc(NC(C)=O)cc2)c(Cl)cc1OCc1ccc(Cl)cc1. The van der Waals surface area contributed by atoms with Gasteiger partial charge in [-0.3, -0.25) is 4.79 Å². The molecule has 0 unspecified atom stereocenters. The lowest BCUT2D eigenvalue weighted by Crippen LogP contribution is -2.06. The lowest BCUT2D eigenvalue weighted by atomic mass is 10.2. The zero-order chi connectivity index (χ0) is 22.2. The molecule has 3 aromatic carbocycles. The molecule has 0 aliphatic rings. The van der Waals surface area contributed by atoms with E-state index in [1.165, 1.54) is 6.92 Å². The van der Waals surface area contributed by atoms with Gasteiger partial charge in [-0.15, -0.1) is 0 Å². The van der Waals surface area contributed by atoms with Crippen molar-refractivity contribution < 1.29 is 14.3 Å². The predicted molar refractivity (Wildman–Crippen MR) is 126 cm³/mol. The molecule has 0 aliphatic heterocycles. The molecule has 0 spiro atoms. The van der Waals surface area contributed by atoms with Crippen molar-refractivity contribution in [2.24, 2.45) is 0 Å². The molecule has 0 radical (unpaired) electrons. The molecule has 3 aromatic rings. The zero-order valence-corrected chi connectivity index (χ0v) is 18.9. The van der Waals surface area contributed by atoms with E-state index < -0.39 is 0 Å². The van der Waals surface area contributed by atoms with Crippen LogP contribution in [0.15, 0.2) is 60.7 Å². The quantitative estimate of drug-likeness (QED) is 0.381. The maximum Gasteiger partial charge on any atom is 0.221 e. The van der Waals surface area contributed by atoms with E-state index in [9.17, 15) is 4.79 Å². The fourth-order valence-electron chi connectivity index (χ4n) is 2.91. The molecule has 162 valence electrons. The minimum absolute atomic E-state index is 0.102. The van der Waals surface area contributed by atoms with Crippen LogP contribution in [-0.2, 0) is 17.9 Å². The summed E-state index contributed by atoms with van der Waals surface area (Å²) in [5.41, 5.74) is 3.54. The first kappa shape index (κ1) is 22.8. The van der Waals surface area contributed by atoms with Crippen molar-refractivity contribution in [1.82, 2.24) is 0 Å². The Morgan fingerprint density at radius 3 is 2.19 bits per heavy atom. The van der Waals surface area contributed by atoms with Gasteiger partial charge in [-0.05, 0) is 60.5 Å². The van der Waals surface area contributed by atoms with Crippen LogP contribution < -0.4 is 20.1 Å². The number of rotatable bonds is 9. The highest BCUT2D eigenvalue weighted by atomic mass is 35.5. The summed E-state index contributed by atoms with van der Waals surface area (Å²) >= 11 is 12.4. The van der Waals surface area contributed by atoms with Crippen LogP contribution in [0.4, 0.5) is 11.4 Å². The molecule has 31 heavy (non-hydrogen) atoms. The molecule has 0 bridgehead atoms. The van der Waals surface area contributed by atoms with Crippen molar-refractivity contribution in [3.05, 3.63) is 81.8 Å². The minimum Gasteiger partial charge on any atom is -0.490 e. The van der Waals surface area contributed by atoms with Gasteiger partial charge >= 0.3 is 0 Å². The van der Waals surface area contributed by atoms with Gasteiger partial charge in [0.05, 0.1) is 6.61 Å². The molecule has 1 amide bonds. The van der Waals surface area contributed by atoms with Gasteiger partial charge in [0.15, 0.2) is 11.5 Å². The Morgan fingerprint density at radius 2 is 1.55 bits per heavy atom. The summed E-state index contributed by atoms with van der Waals surface area (Å²) in [6.45, 7) is 4.80. The van der Waals surface area contributed by atoms with Gasteiger partial charge in [-0.2, -0.15) is 0 Å². The Balaban J connectivity index is 1.68. The van der Waals surface area contributed by atoms with E-state index in [0.29, 0.717) is 41.3 Å². The predicted octanol–water partition coefficient (Wildman–Crippen LogP) is 6.54. The average molecular weight is 459 g/mol. The molecule has 5 nitrogen and oxygen atoms in total. The van der Waals surface area contributed by atoms with Gasteiger partial charge in [-0.25, -0.2) is 0 Å². The van der Waals surface area contributed by atoms with Crippen molar-refractivity contribution in [2.75, 3.05) is 17.2 Å². The van der Waals surface area contributed by atoms with Gasteiger partial charge in [0.1, 0.15) is 6.61 Å². The number of benzene rings is 3. The summed E-state index contributed by atoms with van der Waals surface area (Å²) in [6.07, 6.45) is 0. The van der Waals surface area contributed by atoms with E-state index in [0.717, 1.165) is 22.5 Å². The lowest BCUT2D eigenvalue weighted by molar-refractivity contribution is -0.114. The molecule has 0 aliphatic carbocycles. The average Bonchev–Trinajstić information content (AvgIpc) is 2.74. The van der Waals surface area contributed by atoms with Crippen LogP contribution in [0.25, 0.3) is 0 Å². The first-order valence-corrected chi connectivity index (χ1v) is 10.6. The Kier molecular flexibility index (Phi) is 8.04. The van der Waals surface area contributed by atoms with Gasteiger partial charge in [0.25, 0.3) is 0 Å². The molecule has 2 N–H and O–H groups in total. The fraction of sp³-hybridized carbons (Fsp3) is 0.208. The molecule has 7 heteroatoms. The second-order valence-corrected chi connectivity index (χ2v) is 7.69. The summed E-state index contributed by atoms with van der Waals surface area (Å²) in [4.78, 5) is 11.1. The highest BCUT2D eigenvalue weighted by Crippen LogP contribution is 2.34. The van der Waals surface area contributed by atoms with Crippen molar-refractivity contribution in [1.29, 1.82) is 0 Å². The normalized spacial score (nSPS) is 10.5. The van der Waals surface area contributed by atoms with Crippen LogP contribution in [0, 0.1) is 0 Å². The largest absolute Gasteiger partial charge is 0.490 e. The van der Waals surface area contributed by atoms with Crippen molar-refractivity contribution in [2.45, 2.75) is 27.0 Å². The molecule has 0 atom stereocenters. The molecule has 0 fully saturated rings. The molecule has 0 aromatic heterocycles. The number of halogens is 2. The van der Waals surface area contributed by atoms with Crippen molar-refractivity contribution in [3.8, 4) is 11.5 Å². The topological polar surface area (TPSA) is 59.6 Å². The van der Waals surface area contributed by atoms with E-state index in [2.05, 4.69) is 10.6 Å². The monoisotopic (exact) mass is 458 g/mol. The second-order valence-electron chi connectivity index (χ2n) is 6.85. The molecule has 0 saturated heterocycles. The lowest BCUT2D eigenvalue weighted by Gasteiger charge is -2.16. The van der Waals surface area contributed by atoms with E-state index >= 15 is 0 Å². The maximum absolute atomic E-state index is 11.1.